The Hall–Kier alpha value is -4.78. The topological polar surface area (TPSA) is 134 Å². The number of amides is 3. The molecule has 0 aliphatic carbocycles. The van der Waals surface area contributed by atoms with E-state index in [2.05, 4.69) is 104 Å². The number of benzene rings is 3. The third kappa shape index (κ3) is 22.7. The minimum Gasteiger partial charge on any atom is -0.378 e. The van der Waals surface area contributed by atoms with Crippen LogP contribution in [0.4, 0.5) is 11.4 Å². The maximum atomic E-state index is 12.2. The highest BCUT2D eigenvalue weighted by atomic mass is 35.5. The predicted octanol–water partition coefficient (Wildman–Crippen LogP) is 10.8. The van der Waals surface area contributed by atoms with Crippen molar-refractivity contribution in [3.05, 3.63) is 82.9 Å². The van der Waals surface area contributed by atoms with Crippen LogP contribution in [-0.2, 0) is 19.2 Å². The zero-order valence-corrected chi connectivity index (χ0v) is 45.3. The molecule has 69 heavy (non-hydrogen) atoms. The summed E-state index contributed by atoms with van der Waals surface area (Å²) in [4.78, 5) is 62.3. The third-order valence-corrected chi connectivity index (χ3v) is 12.3. The summed E-state index contributed by atoms with van der Waals surface area (Å²) >= 11 is 6.06. The lowest BCUT2D eigenvalue weighted by Gasteiger charge is -2.39. The van der Waals surface area contributed by atoms with Crippen LogP contribution >= 0.6 is 11.6 Å². The number of halogens is 1. The van der Waals surface area contributed by atoms with Gasteiger partial charge in [0, 0.05) is 86.9 Å². The molecule has 4 unspecified atom stereocenters. The van der Waals surface area contributed by atoms with Crippen molar-refractivity contribution in [1.29, 1.82) is 0 Å². The molecular formula is C56H90ClN7O5. The summed E-state index contributed by atoms with van der Waals surface area (Å²) in [6, 6.07) is 23.7. The summed E-state index contributed by atoms with van der Waals surface area (Å²) < 4.78 is 0. The fourth-order valence-corrected chi connectivity index (χ4v) is 8.44. The van der Waals surface area contributed by atoms with Gasteiger partial charge in [-0.2, -0.15) is 0 Å². The fraction of sp³-hybridized carbons (Fsp3) is 0.589. The van der Waals surface area contributed by atoms with Crippen molar-refractivity contribution in [3.8, 4) is 11.1 Å². The van der Waals surface area contributed by atoms with E-state index in [1.165, 1.54) is 43.9 Å². The smallest absolute Gasteiger partial charge is 0.251 e. The van der Waals surface area contributed by atoms with Crippen molar-refractivity contribution in [2.45, 2.75) is 139 Å². The van der Waals surface area contributed by atoms with E-state index in [1.807, 2.05) is 81.0 Å². The van der Waals surface area contributed by atoms with Gasteiger partial charge in [0.05, 0.1) is 19.1 Å². The molecule has 0 radical (unpaired) electrons. The van der Waals surface area contributed by atoms with Gasteiger partial charge < -0.3 is 35.3 Å². The molecule has 2 saturated heterocycles. The number of piperazine rings is 1. The number of carbonyl (C=O) groups excluding carboxylic acids is 5. The predicted molar refractivity (Wildman–Crippen MR) is 291 cm³/mol. The first kappa shape index (κ1) is 62.2. The number of carbonyl (C=O) groups is 5. The lowest BCUT2D eigenvalue weighted by Crippen LogP contribution is -2.52. The maximum Gasteiger partial charge on any atom is 0.251 e. The molecule has 6 rings (SSSR count). The van der Waals surface area contributed by atoms with Crippen LogP contribution in [0.15, 0.2) is 66.7 Å². The second kappa shape index (κ2) is 35.3. The van der Waals surface area contributed by atoms with Gasteiger partial charge >= 0.3 is 0 Å². The van der Waals surface area contributed by atoms with Gasteiger partial charge in [0.25, 0.3) is 5.91 Å². The Morgan fingerprint density at radius 1 is 0.841 bits per heavy atom. The molecule has 4 atom stereocenters. The standard InChI is InChI=1S/C27H30ClN3O.C20H38N4O2.C4H10.C2H4O.C2H6.CH2O/c1-4-15-29-27(32)20-7-5-19(6-8-20)21-9-14-26-24(17-21)25(16-18(2)31(26)3)30-23-12-10-22(28)11-13-23;1-4-6-7-18(5-2)23-12-10-22(11-13-23)16-19(25)21-14-20(26)24-9-8-17(3)15-24;1-4(2)3;1-2-3;2*1-2/h5-14,17-18,25,30H,4,15-16H2,1-3H3,(H,29,32);17-18H,4-16H2,1-3H3,(H,21,25);4H,1-3H3;2H,1H3;1-2H3;1H2. The van der Waals surface area contributed by atoms with Crippen molar-refractivity contribution >= 4 is 53.8 Å². The van der Waals surface area contributed by atoms with Crippen LogP contribution in [0.5, 0.6) is 0 Å². The molecule has 13 heteroatoms. The monoisotopic (exact) mass is 976 g/mol. The Balaban J connectivity index is 0.000000580. The third-order valence-electron chi connectivity index (χ3n) is 12.1. The van der Waals surface area contributed by atoms with Gasteiger partial charge in [0.15, 0.2) is 0 Å². The van der Waals surface area contributed by atoms with E-state index >= 15 is 0 Å². The SMILES string of the molecule is C=O.CC.CC(C)C.CC=O.CCCCC(CC)N1CCN(CC(=O)NCC(=O)N2CCC(C)C2)CC1.CCCNC(=O)c1ccc(-c2ccc3c(c2)C(Nc2ccc(Cl)cc2)CC(C)N3C)cc1. The molecule has 0 aromatic heterocycles. The molecule has 2 fully saturated rings. The quantitative estimate of drug-likeness (QED) is 0.127. The number of nitrogens with zero attached hydrogens (tertiary/aromatic N) is 4. The van der Waals surface area contributed by atoms with Crippen LogP contribution in [0, 0.1) is 11.8 Å². The molecule has 12 nitrogen and oxygen atoms in total. The number of unbranched alkanes of at least 4 members (excludes halogenated alkanes) is 1. The molecule has 3 aromatic carbocycles. The average Bonchev–Trinajstić information content (AvgIpc) is 3.80. The van der Waals surface area contributed by atoms with Crippen LogP contribution in [-0.4, -0.2) is 124 Å². The number of likely N-dealkylation sites (tertiary alicyclic amines) is 1. The van der Waals surface area contributed by atoms with Crippen molar-refractivity contribution in [3.63, 3.8) is 0 Å². The number of fused-ring (bicyclic) bond motifs is 1. The van der Waals surface area contributed by atoms with E-state index in [9.17, 15) is 14.4 Å². The van der Waals surface area contributed by atoms with E-state index < -0.39 is 0 Å². The molecule has 3 aromatic rings. The Kier molecular flexibility index (Phi) is 31.9. The van der Waals surface area contributed by atoms with Crippen molar-refractivity contribution in [2.75, 3.05) is 76.2 Å². The van der Waals surface area contributed by atoms with Gasteiger partial charge in [-0.15, -0.1) is 0 Å². The number of aldehydes is 1. The van der Waals surface area contributed by atoms with E-state index in [0.29, 0.717) is 36.7 Å². The second-order valence-electron chi connectivity index (χ2n) is 18.5. The summed E-state index contributed by atoms with van der Waals surface area (Å²) in [6.07, 6.45) is 8.80. The van der Waals surface area contributed by atoms with E-state index in [1.54, 1.807) is 0 Å². The number of anilines is 2. The normalized spacial score (nSPS) is 17.7. The number of nitrogens with one attached hydrogen (secondary N) is 3. The molecule has 3 aliphatic rings. The van der Waals surface area contributed by atoms with Crippen molar-refractivity contribution in [2.24, 2.45) is 11.8 Å². The summed E-state index contributed by atoms with van der Waals surface area (Å²) in [5.41, 5.74) is 6.53. The van der Waals surface area contributed by atoms with Crippen molar-refractivity contribution in [1.82, 2.24) is 25.3 Å². The van der Waals surface area contributed by atoms with Crippen LogP contribution in [0.2, 0.25) is 5.02 Å². The van der Waals surface area contributed by atoms with Crippen LogP contribution in [0.1, 0.15) is 143 Å². The Morgan fingerprint density at radius 2 is 1.43 bits per heavy atom. The van der Waals surface area contributed by atoms with Crippen LogP contribution in [0.25, 0.3) is 11.1 Å². The van der Waals surface area contributed by atoms with E-state index in [0.717, 1.165) is 92.6 Å². The zero-order chi connectivity index (χ0) is 51.9. The van der Waals surface area contributed by atoms with Gasteiger partial charge in [0.2, 0.25) is 11.8 Å². The molecule has 3 amide bonds. The highest BCUT2D eigenvalue weighted by Crippen LogP contribution is 2.40. The lowest BCUT2D eigenvalue weighted by molar-refractivity contribution is -0.132. The Bertz CT molecular complexity index is 1890. The molecule has 386 valence electrons. The second-order valence-corrected chi connectivity index (χ2v) is 18.9. The minimum atomic E-state index is -0.0305. The molecule has 3 N–H and O–H groups in total. The minimum absolute atomic E-state index is 0.0216. The Labute approximate surface area is 422 Å². The number of rotatable bonds is 15. The van der Waals surface area contributed by atoms with Gasteiger partial charge in [-0.1, -0.05) is 105 Å². The molecule has 0 saturated carbocycles. The maximum absolute atomic E-state index is 12.2. The fourth-order valence-electron chi connectivity index (χ4n) is 8.31. The van der Waals surface area contributed by atoms with Gasteiger partial charge in [-0.3, -0.25) is 24.2 Å². The first-order valence-electron chi connectivity index (χ1n) is 25.6. The van der Waals surface area contributed by atoms with Crippen molar-refractivity contribution < 1.29 is 24.0 Å². The van der Waals surface area contributed by atoms with E-state index in [4.69, 9.17) is 21.2 Å². The summed E-state index contributed by atoms with van der Waals surface area (Å²) in [5.74, 6) is 1.41. The highest BCUT2D eigenvalue weighted by molar-refractivity contribution is 6.30. The first-order valence-corrected chi connectivity index (χ1v) is 26.0. The summed E-state index contributed by atoms with van der Waals surface area (Å²) in [5, 5.41) is 10.2. The molecular weight excluding hydrogens is 886 g/mol. The number of hydrogen-bond donors (Lipinski definition) is 3. The zero-order valence-electron chi connectivity index (χ0n) is 44.5. The number of hydrogen-bond acceptors (Lipinski definition) is 9. The van der Waals surface area contributed by atoms with Crippen LogP contribution in [0.3, 0.4) is 0 Å². The molecule has 3 aliphatic heterocycles. The summed E-state index contributed by atoms with van der Waals surface area (Å²) in [6.45, 7) is 31.8. The van der Waals surface area contributed by atoms with Gasteiger partial charge in [-0.25, -0.2) is 0 Å². The van der Waals surface area contributed by atoms with E-state index in [-0.39, 0.29) is 30.3 Å². The Morgan fingerprint density at radius 3 is 1.97 bits per heavy atom. The molecule has 0 spiro atoms. The largest absolute Gasteiger partial charge is 0.378 e. The van der Waals surface area contributed by atoms with Crippen LogP contribution < -0.4 is 20.9 Å². The summed E-state index contributed by atoms with van der Waals surface area (Å²) in [7, 11) is 2.16. The first-order chi connectivity index (χ1) is 33.1. The van der Waals surface area contributed by atoms with Gasteiger partial charge in [-0.05, 0) is 123 Å². The average molecular weight is 977 g/mol. The molecule has 3 heterocycles. The highest BCUT2D eigenvalue weighted by Gasteiger charge is 2.29. The van der Waals surface area contributed by atoms with Gasteiger partial charge in [0.1, 0.15) is 13.1 Å². The lowest BCUT2D eigenvalue weighted by atomic mass is 9.89. The molecule has 0 bridgehead atoms.